The lowest BCUT2D eigenvalue weighted by molar-refractivity contribution is 0.0784. The number of thiazole rings is 1. The van der Waals surface area contributed by atoms with Crippen LogP contribution in [0.2, 0.25) is 5.02 Å². The molecule has 0 aliphatic carbocycles. The van der Waals surface area contributed by atoms with E-state index in [9.17, 15) is 4.79 Å². The molecule has 0 atom stereocenters. The number of benzene rings is 1. The molecule has 0 unspecified atom stereocenters. The van der Waals surface area contributed by atoms with E-state index in [0.29, 0.717) is 34.1 Å². The molecule has 27 heavy (non-hydrogen) atoms. The third-order valence-electron chi connectivity index (χ3n) is 4.27. The van der Waals surface area contributed by atoms with E-state index in [0.717, 1.165) is 10.6 Å². The van der Waals surface area contributed by atoms with Crippen LogP contribution in [0.1, 0.15) is 15.4 Å². The number of nitrogens with zero attached hydrogens (tertiary/aromatic N) is 5. The summed E-state index contributed by atoms with van der Waals surface area (Å²) in [7, 11) is 3.64. The van der Waals surface area contributed by atoms with Crippen molar-refractivity contribution in [3.63, 3.8) is 0 Å². The second kappa shape index (κ2) is 7.09. The molecule has 1 aromatic carbocycles. The molecule has 3 aromatic heterocycles. The lowest BCUT2D eigenvalue weighted by Gasteiger charge is -2.15. The molecule has 0 saturated carbocycles. The molecule has 6 nitrogen and oxygen atoms in total. The van der Waals surface area contributed by atoms with E-state index >= 15 is 0 Å². The van der Waals surface area contributed by atoms with Crippen LogP contribution in [0.3, 0.4) is 0 Å². The van der Waals surface area contributed by atoms with Crippen LogP contribution >= 0.6 is 22.9 Å². The van der Waals surface area contributed by atoms with Gasteiger partial charge >= 0.3 is 0 Å². The van der Waals surface area contributed by atoms with E-state index in [4.69, 9.17) is 11.6 Å². The Balaban J connectivity index is 1.68. The van der Waals surface area contributed by atoms with Gasteiger partial charge in [0.25, 0.3) is 5.91 Å². The highest BCUT2D eigenvalue weighted by atomic mass is 35.5. The Morgan fingerprint density at radius 3 is 2.85 bits per heavy atom. The first-order valence-corrected chi connectivity index (χ1v) is 9.51. The zero-order valence-corrected chi connectivity index (χ0v) is 16.3. The van der Waals surface area contributed by atoms with Crippen LogP contribution in [-0.2, 0) is 13.6 Å². The van der Waals surface area contributed by atoms with Gasteiger partial charge in [0.2, 0.25) is 0 Å². The fraction of sp³-hybridized carbons (Fsp3) is 0.158. The number of rotatable bonds is 4. The van der Waals surface area contributed by atoms with Crippen molar-refractivity contribution in [2.24, 2.45) is 7.05 Å². The minimum absolute atomic E-state index is 0.121. The number of hydrogen-bond acceptors (Lipinski definition) is 5. The Hall–Kier alpha value is -2.77. The number of aromatic nitrogens is 4. The van der Waals surface area contributed by atoms with Crippen LogP contribution in [0.25, 0.3) is 22.6 Å². The molecule has 8 heteroatoms. The Morgan fingerprint density at radius 2 is 2.11 bits per heavy atom. The zero-order valence-electron chi connectivity index (χ0n) is 14.8. The zero-order chi connectivity index (χ0) is 19.0. The average Bonchev–Trinajstić information content (AvgIpc) is 3.29. The highest BCUT2D eigenvalue weighted by molar-refractivity contribution is 7.09. The smallest absolute Gasteiger partial charge is 0.255 e. The summed E-state index contributed by atoms with van der Waals surface area (Å²) in [6.07, 6.45) is 3.32. The van der Waals surface area contributed by atoms with Gasteiger partial charge in [-0.2, -0.15) is 0 Å². The molecule has 0 bridgehead atoms. The molecular formula is C19H16ClN5OS. The maximum atomic E-state index is 12.7. The summed E-state index contributed by atoms with van der Waals surface area (Å²) in [6.45, 7) is 0.460. The van der Waals surface area contributed by atoms with Gasteiger partial charge in [0.1, 0.15) is 16.3 Å². The predicted octanol–water partition coefficient (Wildman–Crippen LogP) is 4.02. The van der Waals surface area contributed by atoms with Crippen LogP contribution < -0.4 is 0 Å². The quantitative estimate of drug-likeness (QED) is 0.521. The topological polar surface area (TPSA) is 63.9 Å². The average molecular weight is 398 g/mol. The molecule has 0 radical (unpaired) electrons. The first-order valence-electron chi connectivity index (χ1n) is 8.26. The number of fused-ring (bicyclic) bond motifs is 1. The van der Waals surface area contributed by atoms with Gasteiger partial charge in [0.05, 0.1) is 17.1 Å². The Kier molecular flexibility index (Phi) is 4.63. The van der Waals surface area contributed by atoms with Crippen LogP contribution in [-0.4, -0.2) is 37.4 Å². The highest BCUT2D eigenvalue weighted by Crippen LogP contribution is 2.29. The summed E-state index contributed by atoms with van der Waals surface area (Å²) in [6, 6.07) is 9.30. The predicted molar refractivity (Wildman–Crippen MR) is 107 cm³/mol. The number of imidazole rings is 1. The molecule has 0 fully saturated rings. The summed E-state index contributed by atoms with van der Waals surface area (Å²) in [5, 5.41) is 3.40. The van der Waals surface area contributed by atoms with Gasteiger partial charge in [-0.3, -0.25) is 4.79 Å². The molecule has 3 heterocycles. The first kappa shape index (κ1) is 17.6. The number of hydrogen-bond donors (Lipinski definition) is 0. The lowest BCUT2D eigenvalue weighted by atomic mass is 10.2. The molecule has 0 aliphatic heterocycles. The minimum Gasteiger partial charge on any atom is -0.335 e. The first-order chi connectivity index (χ1) is 13.0. The molecule has 0 spiro atoms. The van der Waals surface area contributed by atoms with Crippen molar-refractivity contribution in [1.82, 2.24) is 24.4 Å². The van der Waals surface area contributed by atoms with Crippen LogP contribution in [0.5, 0.6) is 0 Å². The molecule has 0 aliphatic rings. The van der Waals surface area contributed by atoms with E-state index in [1.807, 2.05) is 41.3 Å². The SMILES string of the molecule is CN(Cc1nccs1)C(=O)c1cnc2c(c1)nc(-c1ccccc1Cl)n2C. The molecule has 0 saturated heterocycles. The van der Waals surface area contributed by atoms with Gasteiger partial charge in [-0.1, -0.05) is 23.7 Å². The third-order valence-corrected chi connectivity index (χ3v) is 5.37. The third kappa shape index (κ3) is 3.31. The Labute approximate surface area is 165 Å². The number of carbonyl (C=O) groups excluding carboxylic acids is 1. The van der Waals surface area contributed by atoms with Gasteiger partial charge < -0.3 is 9.47 Å². The van der Waals surface area contributed by atoms with E-state index in [1.165, 1.54) is 11.3 Å². The van der Waals surface area contributed by atoms with Crippen molar-refractivity contribution in [3.8, 4) is 11.4 Å². The number of aryl methyl sites for hydroxylation is 1. The van der Waals surface area contributed by atoms with Gasteiger partial charge in [0.15, 0.2) is 5.65 Å². The number of amides is 1. The van der Waals surface area contributed by atoms with Crippen molar-refractivity contribution < 1.29 is 4.79 Å². The molecule has 4 rings (SSSR count). The van der Waals surface area contributed by atoms with Crippen LogP contribution in [0.4, 0.5) is 0 Å². The largest absolute Gasteiger partial charge is 0.335 e. The number of halogens is 1. The number of pyridine rings is 1. The van der Waals surface area contributed by atoms with Gasteiger partial charge in [-0.05, 0) is 18.2 Å². The van der Waals surface area contributed by atoms with Crippen molar-refractivity contribution >= 4 is 40.0 Å². The highest BCUT2D eigenvalue weighted by Gasteiger charge is 2.18. The van der Waals surface area contributed by atoms with E-state index in [-0.39, 0.29) is 5.91 Å². The summed E-state index contributed by atoms with van der Waals surface area (Å²) >= 11 is 7.83. The van der Waals surface area contributed by atoms with E-state index in [2.05, 4.69) is 15.0 Å². The number of carbonyl (C=O) groups is 1. The molecule has 1 amide bonds. The maximum Gasteiger partial charge on any atom is 0.255 e. The molecule has 136 valence electrons. The summed E-state index contributed by atoms with van der Waals surface area (Å²) in [5.41, 5.74) is 2.67. The Morgan fingerprint density at radius 1 is 1.30 bits per heavy atom. The van der Waals surface area contributed by atoms with E-state index < -0.39 is 0 Å². The summed E-state index contributed by atoms with van der Waals surface area (Å²) in [5.74, 6) is 0.591. The Bertz CT molecular complexity index is 1120. The van der Waals surface area contributed by atoms with Crippen LogP contribution in [0, 0.1) is 0 Å². The molecule has 0 N–H and O–H groups in total. The van der Waals surface area contributed by atoms with Gasteiger partial charge in [-0.15, -0.1) is 11.3 Å². The van der Waals surface area contributed by atoms with Crippen molar-refractivity contribution in [1.29, 1.82) is 0 Å². The second-order valence-electron chi connectivity index (χ2n) is 6.13. The standard InChI is InChI=1S/C19H16ClN5OS/c1-24(11-16-21-7-8-27-16)19(26)12-9-15-18(22-10-12)25(2)17(23-15)13-5-3-4-6-14(13)20/h3-10H,11H2,1-2H3. The van der Waals surface area contributed by atoms with Gasteiger partial charge in [0, 0.05) is 37.4 Å². The molecular weight excluding hydrogens is 382 g/mol. The minimum atomic E-state index is -0.121. The van der Waals surface area contributed by atoms with Gasteiger partial charge in [-0.25, -0.2) is 15.0 Å². The van der Waals surface area contributed by atoms with Crippen molar-refractivity contribution in [2.45, 2.75) is 6.54 Å². The van der Waals surface area contributed by atoms with Crippen molar-refractivity contribution in [3.05, 3.63) is 63.7 Å². The lowest BCUT2D eigenvalue weighted by Crippen LogP contribution is -2.26. The second-order valence-corrected chi connectivity index (χ2v) is 7.51. The summed E-state index contributed by atoms with van der Waals surface area (Å²) in [4.78, 5) is 27.7. The van der Waals surface area contributed by atoms with Crippen molar-refractivity contribution in [2.75, 3.05) is 7.05 Å². The monoisotopic (exact) mass is 397 g/mol. The van der Waals surface area contributed by atoms with E-state index in [1.54, 1.807) is 30.4 Å². The fourth-order valence-corrected chi connectivity index (χ4v) is 3.79. The normalized spacial score (nSPS) is 11.1. The molecule has 4 aromatic rings. The van der Waals surface area contributed by atoms with Crippen LogP contribution in [0.15, 0.2) is 48.1 Å². The fourth-order valence-electron chi connectivity index (χ4n) is 2.90. The summed E-state index contributed by atoms with van der Waals surface area (Å²) < 4.78 is 1.88. The maximum absolute atomic E-state index is 12.7.